The Hall–Kier alpha value is -1.81. The van der Waals surface area contributed by atoms with Gasteiger partial charge in [-0.05, 0) is 25.1 Å². The van der Waals surface area contributed by atoms with Crippen molar-refractivity contribution in [1.82, 2.24) is 9.55 Å². The highest BCUT2D eigenvalue weighted by atomic mass is 35.5. The van der Waals surface area contributed by atoms with Crippen LogP contribution in [0.25, 0.3) is 0 Å². The lowest BCUT2D eigenvalue weighted by Gasteiger charge is -2.07. The highest BCUT2D eigenvalue weighted by Crippen LogP contribution is 2.15. The smallest absolute Gasteiger partial charge is 0.307 e. The number of halogens is 1. The molecule has 1 N–H and O–H groups in total. The average Bonchev–Trinajstić information content (AvgIpc) is 2.70. The van der Waals surface area contributed by atoms with Gasteiger partial charge in [0.05, 0.1) is 5.69 Å². The molecular formula is C13H14ClN3O. The number of nitrogens with one attached hydrogen (secondary N) is 1. The number of carbonyl (C=O) groups is 1. The highest BCUT2D eigenvalue weighted by molar-refractivity contribution is 6.30. The molecular weight excluding hydrogens is 250 g/mol. The molecule has 2 rings (SSSR count). The molecule has 1 heterocycles. The minimum Gasteiger partial charge on any atom is -0.307 e. The minimum absolute atomic E-state index is 0.227. The SMILES string of the molecule is CCc1nc(C)cn1C(=O)Nc1cccc(Cl)c1. The van der Waals surface area contributed by atoms with Gasteiger partial charge in [0.1, 0.15) is 5.82 Å². The first-order valence-electron chi connectivity index (χ1n) is 5.72. The van der Waals surface area contributed by atoms with E-state index in [-0.39, 0.29) is 6.03 Å². The quantitative estimate of drug-likeness (QED) is 0.902. The third-order valence-corrected chi connectivity index (χ3v) is 2.75. The second kappa shape index (κ2) is 5.23. The molecule has 94 valence electrons. The molecule has 0 fully saturated rings. The van der Waals surface area contributed by atoms with Crippen LogP contribution in [0.2, 0.25) is 5.02 Å². The van der Waals surface area contributed by atoms with Gasteiger partial charge >= 0.3 is 6.03 Å². The van der Waals surface area contributed by atoms with Gasteiger partial charge in [0.2, 0.25) is 0 Å². The van der Waals surface area contributed by atoms with Crippen LogP contribution in [0, 0.1) is 6.92 Å². The molecule has 1 aromatic carbocycles. The van der Waals surface area contributed by atoms with Gasteiger partial charge in [-0.15, -0.1) is 0 Å². The fraction of sp³-hybridized carbons (Fsp3) is 0.231. The van der Waals surface area contributed by atoms with Crippen molar-refractivity contribution in [1.29, 1.82) is 0 Å². The summed E-state index contributed by atoms with van der Waals surface area (Å²) < 4.78 is 1.52. The van der Waals surface area contributed by atoms with E-state index in [0.29, 0.717) is 17.1 Å². The summed E-state index contributed by atoms with van der Waals surface area (Å²) in [5.41, 5.74) is 1.49. The van der Waals surface area contributed by atoms with E-state index >= 15 is 0 Å². The van der Waals surface area contributed by atoms with Gasteiger partial charge in [-0.1, -0.05) is 24.6 Å². The fourth-order valence-electron chi connectivity index (χ4n) is 1.72. The topological polar surface area (TPSA) is 46.9 Å². The molecule has 1 aromatic heterocycles. The lowest BCUT2D eigenvalue weighted by atomic mass is 10.3. The van der Waals surface area contributed by atoms with Crippen molar-refractivity contribution < 1.29 is 4.79 Å². The van der Waals surface area contributed by atoms with Gasteiger partial charge in [-0.3, -0.25) is 4.57 Å². The molecule has 0 spiro atoms. The maximum atomic E-state index is 12.1. The van der Waals surface area contributed by atoms with Crippen LogP contribution in [0.5, 0.6) is 0 Å². The van der Waals surface area contributed by atoms with Crippen LogP contribution in [-0.4, -0.2) is 15.6 Å². The van der Waals surface area contributed by atoms with E-state index in [1.165, 1.54) is 4.57 Å². The molecule has 0 atom stereocenters. The number of amides is 1. The third kappa shape index (κ3) is 2.71. The Morgan fingerprint density at radius 1 is 1.50 bits per heavy atom. The van der Waals surface area contributed by atoms with Crippen LogP contribution in [0.1, 0.15) is 18.4 Å². The van der Waals surface area contributed by atoms with Gasteiger partial charge in [0.15, 0.2) is 0 Å². The zero-order chi connectivity index (χ0) is 13.1. The van der Waals surface area contributed by atoms with Crippen molar-refractivity contribution in [3.63, 3.8) is 0 Å². The highest BCUT2D eigenvalue weighted by Gasteiger charge is 2.11. The predicted molar refractivity (Wildman–Crippen MR) is 72.2 cm³/mol. The number of nitrogens with zero attached hydrogens (tertiary/aromatic N) is 2. The molecule has 2 aromatic rings. The van der Waals surface area contributed by atoms with E-state index in [1.54, 1.807) is 30.5 Å². The Morgan fingerprint density at radius 3 is 2.94 bits per heavy atom. The number of anilines is 1. The summed E-state index contributed by atoms with van der Waals surface area (Å²) in [6.07, 6.45) is 2.43. The minimum atomic E-state index is -0.227. The average molecular weight is 264 g/mol. The van der Waals surface area contributed by atoms with Crippen molar-refractivity contribution in [2.75, 3.05) is 5.32 Å². The van der Waals surface area contributed by atoms with E-state index < -0.39 is 0 Å². The lowest BCUT2D eigenvalue weighted by Crippen LogP contribution is -2.20. The van der Waals surface area contributed by atoms with Crippen LogP contribution < -0.4 is 5.32 Å². The predicted octanol–water partition coefficient (Wildman–Crippen LogP) is 3.49. The Kier molecular flexibility index (Phi) is 3.67. The zero-order valence-electron chi connectivity index (χ0n) is 10.3. The summed E-state index contributed by atoms with van der Waals surface area (Å²) in [4.78, 5) is 16.4. The monoisotopic (exact) mass is 263 g/mol. The van der Waals surface area contributed by atoms with Crippen LogP contribution in [0.15, 0.2) is 30.5 Å². The maximum Gasteiger partial charge on any atom is 0.331 e. The van der Waals surface area contributed by atoms with E-state index in [4.69, 9.17) is 11.6 Å². The lowest BCUT2D eigenvalue weighted by molar-refractivity contribution is 0.253. The molecule has 5 heteroatoms. The summed E-state index contributed by atoms with van der Waals surface area (Å²) in [5.74, 6) is 0.743. The Morgan fingerprint density at radius 2 is 2.28 bits per heavy atom. The van der Waals surface area contributed by atoms with Gasteiger partial charge < -0.3 is 5.32 Å². The number of aromatic nitrogens is 2. The first kappa shape index (κ1) is 12.6. The van der Waals surface area contributed by atoms with E-state index in [0.717, 1.165) is 11.5 Å². The summed E-state index contributed by atoms with van der Waals surface area (Å²) in [5, 5.41) is 3.37. The Labute approximate surface area is 111 Å². The van der Waals surface area contributed by atoms with Crippen molar-refractivity contribution in [3.8, 4) is 0 Å². The molecule has 0 aliphatic rings. The van der Waals surface area contributed by atoms with E-state index in [2.05, 4.69) is 10.3 Å². The van der Waals surface area contributed by atoms with Crippen molar-refractivity contribution >= 4 is 23.3 Å². The number of aryl methyl sites for hydroxylation is 2. The second-order valence-electron chi connectivity index (χ2n) is 3.96. The van der Waals surface area contributed by atoms with E-state index in [1.807, 2.05) is 13.8 Å². The molecule has 0 radical (unpaired) electrons. The van der Waals surface area contributed by atoms with Crippen LogP contribution in [0.4, 0.5) is 10.5 Å². The molecule has 0 unspecified atom stereocenters. The third-order valence-electron chi connectivity index (χ3n) is 2.51. The molecule has 18 heavy (non-hydrogen) atoms. The number of carbonyl (C=O) groups excluding carboxylic acids is 1. The standard InChI is InChI=1S/C13H14ClN3O/c1-3-12-15-9(2)8-17(12)13(18)16-11-6-4-5-10(14)7-11/h4-8H,3H2,1-2H3,(H,16,18). The van der Waals surface area contributed by atoms with E-state index in [9.17, 15) is 4.79 Å². The maximum absolute atomic E-state index is 12.1. The molecule has 4 nitrogen and oxygen atoms in total. The van der Waals surface area contributed by atoms with Crippen molar-refractivity contribution in [3.05, 3.63) is 47.0 Å². The fourth-order valence-corrected chi connectivity index (χ4v) is 1.91. The number of benzene rings is 1. The van der Waals surface area contributed by atoms with Crippen LogP contribution in [0.3, 0.4) is 0 Å². The van der Waals surface area contributed by atoms with Crippen LogP contribution in [-0.2, 0) is 6.42 Å². The molecule has 0 aliphatic carbocycles. The zero-order valence-corrected chi connectivity index (χ0v) is 11.0. The number of rotatable bonds is 2. The van der Waals surface area contributed by atoms with Gasteiger partial charge in [0.25, 0.3) is 0 Å². The molecule has 0 aliphatic heterocycles. The summed E-state index contributed by atoms with van der Waals surface area (Å²) in [6, 6.07) is 6.82. The van der Waals surface area contributed by atoms with Crippen molar-refractivity contribution in [2.45, 2.75) is 20.3 Å². The number of hydrogen-bond acceptors (Lipinski definition) is 2. The van der Waals surface area contributed by atoms with Gasteiger partial charge in [-0.25, -0.2) is 9.78 Å². The first-order chi connectivity index (χ1) is 8.60. The molecule has 0 bridgehead atoms. The largest absolute Gasteiger partial charge is 0.331 e. The summed E-state index contributed by atoms with van der Waals surface area (Å²) in [6.45, 7) is 3.83. The van der Waals surface area contributed by atoms with Crippen LogP contribution >= 0.6 is 11.6 Å². The normalized spacial score (nSPS) is 10.4. The Bertz CT molecular complexity index is 577. The number of hydrogen-bond donors (Lipinski definition) is 1. The summed E-state index contributed by atoms with van der Waals surface area (Å²) in [7, 11) is 0. The first-order valence-corrected chi connectivity index (χ1v) is 6.09. The Balaban J connectivity index is 2.21. The second-order valence-corrected chi connectivity index (χ2v) is 4.40. The summed E-state index contributed by atoms with van der Waals surface area (Å²) >= 11 is 5.87. The number of imidazole rings is 1. The van der Waals surface area contributed by atoms with Crippen molar-refractivity contribution in [2.24, 2.45) is 0 Å². The molecule has 1 amide bonds. The van der Waals surface area contributed by atoms with Gasteiger partial charge in [0, 0.05) is 23.3 Å². The van der Waals surface area contributed by atoms with Gasteiger partial charge in [-0.2, -0.15) is 0 Å². The molecule has 0 saturated carbocycles. The molecule has 0 saturated heterocycles.